The largest absolute Gasteiger partial charge is 0.455 e. The number of halogens is 1. The molecule has 0 spiro atoms. The molecule has 0 bridgehead atoms. The summed E-state index contributed by atoms with van der Waals surface area (Å²) in [6.45, 7) is 0.213. The average Bonchev–Trinajstić information content (AvgIpc) is 2.89. The van der Waals surface area contributed by atoms with Crippen LogP contribution in [0, 0.1) is 0 Å². The zero-order chi connectivity index (χ0) is 25.4. The molecule has 4 aromatic carbocycles. The van der Waals surface area contributed by atoms with Gasteiger partial charge in [0.05, 0.1) is 10.6 Å². The number of ether oxygens (including phenoxy) is 1. The third kappa shape index (κ3) is 7.18. The van der Waals surface area contributed by atoms with Crippen molar-refractivity contribution in [3.63, 3.8) is 0 Å². The van der Waals surface area contributed by atoms with Crippen LogP contribution in [-0.2, 0) is 27.8 Å². The van der Waals surface area contributed by atoms with Gasteiger partial charge < -0.3 is 10.1 Å². The zero-order valence-electron chi connectivity index (χ0n) is 19.4. The fraction of sp³-hybridized carbons (Fsp3) is 0.107. The van der Waals surface area contributed by atoms with Crippen LogP contribution in [0.5, 0.6) is 11.5 Å². The standard InChI is InChI=1S/C28H25ClN2O4S/c29-23-14-17-27(35-24-9-5-2-6-10-24)26(19-23)31-28(32)18-13-21-11-15-25(16-12-21)36(33,34)30-20-22-7-3-1-4-8-22/h1-12,14-17,19,30H,13,18,20H2,(H,31,32). The second kappa shape index (κ2) is 11.9. The number of para-hydroxylation sites is 1. The van der Waals surface area contributed by atoms with Crippen LogP contribution < -0.4 is 14.8 Å². The lowest BCUT2D eigenvalue weighted by Gasteiger charge is -2.13. The van der Waals surface area contributed by atoms with Crippen molar-refractivity contribution in [3.8, 4) is 11.5 Å². The van der Waals surface area contributed by atoms with E-state index in [1.54, 1.807) is 42.5 Å². The van der Waals surface area contributed by atoms with E-state index in [-0.39, 0.29) is 23.8 Å². The highest BCUT2D eigenvalue weighted by Gasteiger charge is 2.14. The number of aryl methyl sites for hydroxylation is 1. The van der Waals surface area contributed by atoms with Crippen molar-refractivity contribution >= 4 is 33.2 Å². The molecule has 0 aliphatic rings. The molecular weight excluding hydrogens is 496 g/mol. The van der Waals surface area contributed by atoms with Crippen LogP contribution in [0.15, 0.2) is 108 Å². The first-order valence-corrected chi connectivity index (χ1v) is 13.2. The number of hydrogen-bond donors (Lipinski definition) is 2. The average molecular weight is 521 g/mol. The lowest BCUT2D eigenvalue weighted by atomic mass is 10.1. The number of benzene rings is 4. The van der Waals surface area contributed by atoms with E-state index in [1.807, 2.05) is 60.7 Å². The molecule has 2 N–H and O–H groups in total. The second-order valence-corrected chi connectivity index (χ2v) is 10.3. The van der Waals surface area contributed by atoms with Gasteiger partial charge >= 0.3 is 0 Å². The Bertz CT molecular complexity index is 1410. The van der Waals surface area contributed by atoms with Gasteiger partial charge in [-0.2, -0.15) is 0 Å². The highest BCUT2D eigenvalue weighted by Crippen LogP contribution is 2.32. The first-order valence-electron chi connectivity index (χ1n) is 11.3. The highest BCUT2D eigenvalue weighted by atomic mass is 35.5. The van der Waals surface area contributed by atoms with Crippen molar-refractivity contribution in [2.75, 3.05) is 5.32 Å². The summed E-state index contributed by atoms with van der Waals surface area (Å²) in [6.07, 6.45) is 0.648. The molecule has 0 unspecified atom stereocenters. The van der Waals surface area contributed by atoms with Gasteiger partial charge in [-0.15, -0.1) is 0 Å². The third-order valence-electron chi connectivity index (χ3n) is 5.37. The van der Waals surface area contributed by atoms with Crippen molar-refractivity contribution in [2.24, 2.45) is 0 Å². The van der Waals surface area contributed by atoms with E-state index in [9.17, 15) is 13.2 Å². The summed E-state index contributed by atoms with van der Waals surface area (Å²) < 4.78 is 33.6. The summed E-state index contributed by atoms with van der Waals surface area (Å²) in [5.41, 5.74) is 2.20. The zero-order valence-corrected chi connectivity index (χ0v) is 20.9. The molecule has 6 nitrogen and oxygen atoms in total. The molecule has 0 saturated carbocycles. The van der Waals surface area contributed by atoms with Gasteiger partial charge in [-0.05, 0) is 60.0 Å². The lowest BCUT2D eigenvalue weighted by molar-refractivity contribution is -0.116. The summed E-state index contributed by atoms with van der Waals surface area (Å²) in [5.74, 6) is 0.913. The fourth-order valence-electron chi connectivity index (χ4n) is 3.47. The molecule has 0 atom stereocenters. The number of rotatable bonds is 10. The van der Waals surface area contributed by atoms with Gasteiger partial charge in [-0.3, -0.25) is 4.79 Å². The summed E-state index contributed by atoms with van der Waals surface area (Å²) in [7, 11) is -3.64. The van der Waals surface area contributed by atoms with E-state index in [2.05, 4.69) is 10.0 Å². The van der Waals surface area contributed by atoms with E-state index >= 15 is 0 Å². The van der Waals surface area contributed by atoms with Crippen LogP contribution in [0.2, 0.25) is 5.02 Å². The first kappa shape index (κ1) is 25.4. The number of nitrogens with one attached hydrogen (secondary N) is 2. The Kier molecular flexibility index (Phi) is 8.38. The molecule has 0 aromatic heterocycles. The maximum Gasteiger partial charge on any atom is 0.240 e. The molecule has 0 heterocycles. The summed E-state index contributed by atoms with van der Waals surface area (Å²) in [4.78, 5) is 12.8. The smallest absolute Gasteiger partial charge is 0.240 e. The number of hydrogen-bond acceptors (Lipinski definition) is 4. The first-order chi connectivity index (χ1) is 17.4. The van der Waals surface area contributed by atoms with Gasteiger partial charge in [0.25, 0.3) is 0 Å². The van der Waals surface area contributed by atoms with Crippen molar-refractivity contribution in [1.82, 2.24) is 4.72 Å². The predicted octanol–water partition coefficient (Wildman–Crippen LogP) is 6.18. The van der Waals surface area contributed by atoms with Gasteiger partial charge in [-0.1, -0.05) is 72.3 Å². The van der Waals surface area contributed by atoms with Crippen molar-refractivity contribution < 1.29 is 17.9 Å². The normalized spacial score (nSPS) is 11.1. The quantitative estimate of drug-likeness (QED) is 0.261. The van der Waals surface area contributed by atoms with E-state index in [0.29, 0.717) is 28.6 Å². The van der Waals surface area contributed by atoms with Crippen molar-refractivity contribution in [1.29, 1.82) is 0 Å². The molecule has 4 aromatic rings. The van der Waals surface area contributed by atoms with Crippen LogP contribution in [0.4, 0.5) is 5.69 Å². The van der Waals surface area contributed by atoms with Crippen LogP contribution in [-0.4, -0.2) is 14.3 Å². The minimum atomic E-state index is -3.64. The monoisotopic (exact) mass is 520 g/mol. The van der Waals surface area contributed by atoms with E-state index < -0.39 is 10.0 Å². The Morgan fingerprint density at radius 3 is 2.17 bits per heavy atom. The van der Waals surface area contributed by atoms with E-state index in [4.69, 9.17) is 16.3 Å². The maximum atomic E-state index is 12.6. The minimum absolute atomic E-state index is 0.174. The lowest BCUT2D eigenvalue weighted by Crippen LogP contribution is -2.23. The minimum Gasteiger partial charge on any atom is -0.455 e. The Hall–Kier alpha value is -3.65. The summed E-state index contributed by atoms with van der Waals surface area (Å²) in [6, 6.07) is 30.1. The summed E-state index contributed by atoms with van der Waals surface area (Å²) in [5, 5.41) is 3.33. The Balaban J connectivity index is 1.33. The van der Waals surface area contributed by atoms with Gasteiger partial charge in [0.1, 0.15) is 5.75 Å². The molecular formula is C28H25ClN2O4S. The SMILES string of the molecule is O=C(CCc1ccc(S(=O)(=O)NCc2ccccc2)cc1)Nc1cc(Cl)ccc1Oc1ccccc1. The molecule has 184 valence electrons. The number of amides is 1. The number of carbonyl (C=O) groups is 1. The van der Waals surface area contributed by atoms with Crippen molar-refractivity contribution in [2.45, 2.75) is 24.3 Å². The maximum absolute atomic E-state index is 12.6. The molecule has 0 fully saturated rings. The molecule has 1 amide bonds. The second-order valence-electron chi connectivity index (χ2n) is 8.06. The van der Waals surface area contributed by atoms with Gasteiger partial charge in [-0.25, -0.2) is 13.1 Å². The number of carbonyl (C=O) groups excluding carboxylic acids is 1. The van der Waals surface area contributed by atoms with Crippen molar-refractivity contribution in [3.05, 3.63) is 119 Å². The van der Waals surface area contributed by atoms with Crippen LogP contribution in [0.25, 0.3) is 0 Å². The van der Waals surface area contributed by atoms with E-state index in [0.717, 1.165) is 11.1 Å². The predicted molar refractivity (Wildman–Crippen MR) is 142 cm³/mol. The topological polar surface area (TPSA) is 84.5 Å². The highest BCUT2D eigenvalue weighted by molar-refractivity contribution is 7.89. The van der Waals surface area contributed by atoms with Gasteiger partial charge in [0.15, 0.2) is 5.75 Å². The van der Waals surface area contributed by atoms with Gasteiger partial charge in [0.2, 0.25) is 15.9 Å². The fourth-order valence-corrected chi connectivity index (χ4v) is 4.66. The molecule has 0 aliphatic carbocycles. The molecule has 36 heavy (non-hydrogen) atoms. The van der Waals surface area contributed by atoms with Crippen LogP contribution in [0.1, 0.15) is 17.5 Å². The van der Waals surface area contributed by atoms with Crippen LogP contribution >= 0.6 is 11.6 Å². The van der Waals surface area contributed by atoms with E-state index in [1.165, 1.54) is 0 Å². The third-order valence-corrected chi connectivity index (χ3v) is 7.02. The molecule has 8 heteroatoms. The molecule has 4 rings (SSSR count). The molecule has 0 radical (unpaired) electrons. The van der Waals surface area contributed by atoms with Gasteiger partial charge in [0, 0.05) is 18.0 Å². The molecule has 0 aliphatic heterocycles. The Morgan fingerprint density at radius 2 is 1.47 bits per heavy atom. The van der Waals surface area contributed by atoms with Crippen LogP contribution in [0.3, 0.4) is 0 Å². The Labute approximate surface area is 216 Å². The number of anilines is 1. The molecule has 0 saturated heterocycles. The summed E-state index contributed by atoms with van der Waals surface area (Å²) >= 11 is 6.12. The number of sulfonamides is 1. The Morgan fingerprint density at radius 1 is 0.806 bits per heavy atom.